The van der Waals surface area contributed by atoms with E-state index in [0.29, 0.717) is 4.91 Å². The van der Waals surface area contributed by atoms with Gasteiger partial charge in [-0.15, -0.1) is 0 Å². The number of nitrogens with zero attached hydrogens (tertiary/aromatic N) is 1. The molecule has 2 aromatic carbocycles. The number of imide groups is 1. The van der Waals surface area contributed by atoms with E-state index in [0.717, 1.165) is 31.8 Å². The minimum absolute atomic E-state index is 0.237. The van der Waals surface area contributed by atoms with Crippen LogP contribution in [0.2, 0.25) is 0 Å². The van der Waals surface area contributed by atoms with Gasteiger partial charge in [-0.25, -0.2) is 0 Å². The van der Waals surface area contributed by atoms with Gasteiger partial charge in [0.1, 0.15) is 0 Å². The lowest BCUT2D eigenvalue weighted by Gasteiger charge is -2.12. The fourth-order valence-corrected chi connectivity index (χ4v) is 3.68. The lowest BCUT2D eigenvalue weighted by Crippen LogP contribution is -2.27. The first kappa shape index (κ1) is 16.5. The Balaban J connectivity index is 1.81. The van der Waals surface area contributed by atoms with Gasteiger partial charge >= 0.3 is 0 Å². The van der Waals surface area contributed by atoms with Crippen molar-refractivity contribution in [3.63, 3.8) is 0 Å². The lowest BCUT2D eigenvalue weighted by atomic mass is 10.2. The third-order valence-electron chi connectivity index (χ3n) is 3.27. The van der Waals surface area contributed by atoms with Crippen molar-refractivity contribution in [1.29, 1.82) is 0 Å². The van der Waals surface area contributed by atoms with Crippen LogP contribution in [0, 0.1) is 0 Å². The highest BCUT2D eigenvalue weighted by Gasteiger charge is 2.34. The number of benzene rings is 2. The molecule has 0 saturated carbocycles. The minimum Gasteiger partial charge on any atom is -0.268 e. The molecule has 116 valence electrons. The molecule has 0 spiro atoms. The Hall–Kier alpha value is -1.37. The summed E-state index contributed by atoms with van der Waals surface area (Å²) in [7, 11) is 0. The summed E-state index contributed by atoms with van der Waals surface area (Å²) in [6.45, 7) is 0.285. The largest absolute Gasteiger partial charge is 0.293 e. The van der Waals surface area contributed by atoms with Crippen LogP contribution < -0.4 is 0 Å². The molecule has 0 atom stereocenters. The van der Waals surface area contributed by atoms with E-state index in [1.54, 1.807) is 6.08 Å². The van der Waals surface area contributed by atoms with E-state index in [1.165, 1.54) is 4.90 Å². The molecule has 0 bridgehead atoms. The number of hydrogen-bond donors (Lipinski definition) is 0. The molecule has 0 unspecified atom stereocenters. The third kappa shape index (κ3) is 3.94. The smallest absolute Gasteiger partial charge is 0.268 e. The maximum atomic E-state index is 12.5. The van der Waals surface area contributed by atoms with Crippen molar-refractivity contribution >= 4 is 60.8 Å². The Bertz CT molecular complexity index is 802. The topological polar surface area (TPSA) is 37.4 Å². The first-order chi connectivity index (χ1) is 11.0. The molecule has 0 N–H and O–H groups in total. The number of hydrogen-bond acceptors (Lipinski definition) is 3. The zero-order chi connectivity index (χ0) is 16.4. The Morgan fingerprint density at radius 3 is 2.43 bits per heavy atom. The van der Waals surface area contributed by atoms with Crippen molar-refractivity contribution in [3.05, 3.63) is 73.5 Å². The summed E-state index contributed by atoms with van der Waals surface area (Å²) < 4.78 is 1.89. The standard InChI is InChI=1S/C17H11Br2NO2S/c18-13-6-4-11(5-7-13)10-20-16(21)15(23-17(20)22)9-12-2-1-3-14(19)8-12/h1-9H,10H2. The molecule has 6 heteroatoms. The lowest BCUT2D eigenvalue weighted by molar-refractivity contribution is -0.123. The van der Waals surface area contributed by atoms with Gasteiger partial charge in [0.05, 0.1) is 11.4 Å². The van der Waals surface area contributed by atoms with E-state index < -0.39 is 0 Å². The third-order valence-corrected chi connectivity index (χ3v) is 5.20. The first-order valence-electron chi connectivity index (χ1n) is 6.78. The Morgan fingerprint density at radius 1 is 1.00 bits per heavy atom. The van der Waals surface area contributed by atoms with Crippen molar-refractivity contribution in [2.45, 2.75) is 6.54 Å². The van der Waals surface area contributed by atoms with Crippen molar-refractivity contribution in [2.75, 3.05) is 0 Å². The second kappa shape index (κ2) is 7.03. The van der Waals surface area contributed by atoms with Gasteiger partial charge in [-0.2, -0.15) is 0 Å². The van der Waals surface area contributed by atoms with Gasteiger partial charge in [-0.1, -0.05) is 56.1 Å². The molecule has 2 amide bonds. The predicted molar refractivity (Wildman–Crippen MR) is 99.8 cm³/mol. The monoisotopic (exact) mass is 451 g/mol. The number of halogens is 2. The molecule has 23 heavy (non-hydrogen) atoms. The van der Waals surface area contributed by atoms with Gasteiger partial charge < -0.3 is 0 Å². The molecule has 0 aliphatic carbocycles. The van der Waals surface area contributed by atoms with Gasteiger partial charge in [0, 0.05) is 8.95 Å². The van der Waals surface area contributed by atoms with Crippen LogP contribution in [-0.2, 0) is 11.3 Å². The van der Waals surface area contributed by atoms with Crippen molar-refractivity contribution in [1.82, 2.24) is 4.90 Å². The van der Waals surface area contributed by atoms with Crippen molar-refractivity contribution in [2.24, 2.45) is 0 Å². The molecule has 0 radical (unpaired) electrons. The first-order valence-corrected chi connectivity index (χ1v) is 9.18. The van der Waals surface area contributed by atoms with Gasteiger partial charge in [-0.05, 0) is 53.2 Å². The van der Waals surface area contributed by atoms with Crippen LogP contribution in [0.3, 0.4) is 0 Å². The zero-order valence-corrected chi connectivity index (χ0v) is 15.8. The summed E-state index contributed by atoms with van der Waals surface area (Å²) in [5.41, 5.74) is 1.80. The van der Waals surface area contributed by atoms with Crippen LogP contribution in [0.1, 0.15) is 11.1 Å². The van der Waals surface area contributed by atoms with Gasteiger partial charge in [0.25, 0.3) is 11.1 Å². The van der Waals surface area contributed by atoms with Gasteiger partial charge in [-0.3, -0.25) is 14.5 Å². The molecule has 1 aliphatic rings. The number of amides is 2. The predicted octanol–water partition coefficient (Wildman–Crippen LogP) is 5.45. The van der Waals surface area contributed by atoms with Crippen LogP contribution in [0.25, 0.3) is 6.08 Å². The second-order valence-corrected chi connectivity index (χ2v) is 7.77. The highest BCUT2D eigenvalue weighted by Crippen LogP contribution is 2.33. The summed E-state index contributed by atoms with van der Waals surface area (Å²) in [6, 6.07) is 15.2. The summed E-state index contributed by atoms with van der Waals surface area (Å²) in [6.07, 6.45) is 1.75. The van der Waals surface area contributed by atoms with Crippen LogP contribution in [0.5, 0.6) is 0 Å². The summed E-state index contributed by atoms with van der Waals surface area (Å²) >= 11 is 7.75. The van der Waals surface area contributed by atoms with Gasteiger partial charge in [0.2, 0.25) is 0 Å². The Morgan fingerprint density at radius 2 is 1.74 bits per heavy atom. The maximum Gasteiger partial charge on any atom is 0.293 e. The van der Waals surface area contributed by atoms with E-state index in [4.69, 9.17) is 0 Å². The zero-order valence-electron chi connectivity index (χ0n) is 11.8. The van der Waals surface area contributed by atoms with Crippen LogP contribution in [0.15, 0.2) is 62.4 Å². The molecule has 1 aliphatic heterocycles. The molecule has 2 aromatic rings. The van der Waals surface area contributed by atoms with E-state index in [9.17, 15) is 9.59 Å². The number of carbonyl (C=O) groups excluding carboxylic acids is 2. The summed E-state index contributed by atoms with van der Waals surface area (Å²) in [4.78, 5) is 26.3. The van der Waals surface area contributed by atoms with Crippen LogP contribution in [-0.4, -0.2) is 16.0 Å². The fourth-order valence-electron chi connectivity index (χ4n) is 2.16. The number of carbonyl (C=O) groups is 2. The molecule has 1 saturated heterocycles. The highest BCUT2D eigenvalue weighted by atomic mass is 79.9. The Kier molecular flexibility index (Phi) is 5.04. The van der Waals surface area contributed by atoms with E-state index >= 15 is 0 Å². The summed E-state index contributed by atoms with van der Waals surface area (Å²) in [5.74, 6) is -0.247. The molecule has 1 fully saturated rings. The minimum atomic E-state index is -0.247. The average Bonchev–Trinajstić information content (AvgIpc) is 2.77. The fraction of sp³-hybridized carbons (Fsp3) is 0.0588. The number of rotatable bonds is 3. The van der Waals surface area contributed by atoms with E-state index in [-0.39, 0.29) is 17.7 Å². The highest BCUT2D eigenvalue weighted by molar-refractivity contribution is 9.10. The van der Waals surface area contributed by atoms with Gasteiger partial charge in [0.15, 0.2) is 0 Å². The van der Waals surface area contributed by atoms with Crippen molar-refractivity contribution < 1.29 is 9.59 Å². The molecule has 0 aromatic heterocycles. The van der Waals surface area contributed by atoms with E-state index in [2.05, 4.69) is 31.9 Å². The summed E-state index contributed by atoms with van der Waals surface area (Å²) in [5, 5.41) is -0.237. The van der Waals surface area contributed by atoms with Crippen LogP contribution >= 0.6 is 43.6 Å². The van der Waals surface area contributed by atoms with E-state index in [1.807, 2.05) is 48.5 Å². The molecular formula is C17H11Br2NO2S. The number of thioether (sulfide) groups is 1. The quantitative estimate of drug-likeness (QED) is 0.581. The average molecular weight is 453 g/mol. The second-order valence-electron chi connectivity index (χ2n) is 4.95. The molecular weight excluding hydrogens is 442 g/mol. The normalized spacial score (nSPS) is 16.4. The van der Waals surface area contributed by atoms with Crippen molar-refractivity contribution in [3.8, 4) is 0 Å². The van der Waals surface area contributed by atoms with Crippen LogP contribution in [0.4, 0.5) is 4.79 Å². The SMILES string of the molecule is O=C1SC(=Cc2cccc(Br)c2)C(=O)N1Cc1ccc(Br)cc1. The maximum absolute atomic E-state index is 12.5. The Labute approximate surface area is 155 Å². The molecule has 3 rings (SSSR count). The molecule has 1 heterocycles. The molecule has 3 nitrogen and oxygen atoms in total.